The fraction of sp³-hybridized carbons (Fsp3) is 0.478. The van der Waals surface area contributed by atoms with E-state index in [-0.39, 0.29) is 5.41 Å². The van der Waals surface area contributed by atoms with Crippen LogP contribution in [0.25, 0.3) is 11.1 Å². The van der Waals surface area contributed by atoms with E-state index < -0.39 is 8.07 Å². The third-order valence-corrected chi connectivity index (χ3v) is 8.87. The third-order valence-electron chi connectivity index (χ3n) is 6.83. The maximum absolute atomic E-state index is 2.53. The van der Waals surface area contributed by atoms with Crippen molar-refractivity contribution in [1.82, 2.24) is 0 Å². The van der Waals surface area contributed by atoms with Crippen molar-refractivity contribution in [3.8, 4) is 11.1 Å². The van der Waals surface area contributed by atoms with Gasteiger partial charge in [-0.15, -0.1) is 0 Å². The molecule has 0 nitrogen and oxygen atoms in total. The van der Waals surface area contributed by atoms with Crippen LogP contribution in [0.5, 0.6) is 0 Å². The molecule has 0 amide bonds. The Morgan fingerprint density at radius 2 is 1.33 bits per heavy atom. The van der Waals surface area contributed by atoms with E-state index in [9.17, 15) is 0 Å². The third kappa shape index (κ3) is 1.69. The summed E-state index contributed by atoms with van der Waals surface area (Å²) in [6.45, 7) is 17.2. The maximum atomic E-state index is 2.53. The lowest BCUT2D eigenvalue weighted by molar-refractivity contribution is -0.0857. The van der Waals surface area contributed by atoms with Gasteiger partial charge in [-0.3, -0.25) is 0 Å². The second-order valence-corrected chi connectivity index (χ2v) is 15.3. The zero-order valence-electron chi connectivity index (χ0n) is 16.2. The van der Waals surface area contributed by atoms with Crippen molar-refractivity contribution in [2.24, 2.45) is 10.8 Å². The lowest BCUT2D eigenvalue weighted by atomic mass is 9.36. The highest BCUT2D eigenvalue weighted by atomic mass is 28.3. The summed E-state index contributed by atoms with van der Waals surface area (Å²) in [4.78, 5) is 0. The zero-order chi connectivity index (χ0) is 17.5. The number of benzene rings is 2. The van der Waals surface area contributed by atoms with Crippen molar-refractivity contribution >= 4 is 13.3 Å². The highest BCUT2D eigenvalue weighted by molar-refractivity contribution is 6.88. The van der Waals surface area contributed by atoms with E-state index in [0.29, 0.717) is 10.8 Å². The normalized spacial score (nSPS) is 22.0. The Bertz CT molecular complexity index is 819. The summed E-state index contributed by atoms with van der Waals surface area (Å²) in [5.41, 5.74) is 6.89. The van der Waals surface area contributed by atoms with Crippen LogP contribution >= 0.6 is 0 Å². The molecule has 2 aromatic rings. The molecule has 0 saturated heterocycles. The molecule has 0 heterocycles. The predicted molar refractivity (Wildman–Crippen MR) is 108 cm³/mol. The molecule has 0 bridgehead atoms. The molecule has 2 aliphatic carbocycles. The van der Waals surface area contributed by atoms with Gasteiger partial charge >= 0.3 is 0 Å². The summed E-state index contributed by atoms with van der Waals surface area (Å²) in [7, 11) is -1.31. The van der Waals surface area contributed by atoms with Gasteiger partial charge in [0.05, 0.1) is 8.07 Å². The van der Waals surface area contributed by atoms with Gasteiger partial charge in [-0.1, -0.05) is 95.0 Å². The van der Waals surface area contributed by atoms with Gasteiger partial charge in [0, 0.05) is 5.41 Å². The van der Waals surface area contributed by atoms with E-state index in [4.69, 9.17) is 0 Å². The van der Waals surface area contributed by atoms with Crippen molar-refractivity contribution in [3.63, 3.8) is 0 Å². The highest BCUT2D eigenvalue weighted by Crippen LogP contribution is 2.75. The van der Waals surface area contributed by atoms with Crippen LogP contribution in [0.3, 0.4) is 0 Å². The lowest BCUT2D eigenvalue weighted by Gasteiger charge is -2.67. The van der Waals surface area contributed by atoms with Crippen LogP contribution < -0.4 is 5.19 Å². The van der Waals surface area contributed by atoms with Crippen molar-refractivity contribution in [1.29, 1.82) is 0 Å². The van der Waals surface area contributed by atoms with Crippen LogP contribution in [0.4, 0.5) is 0 Å². The lowest BCUT2D eigenvalue weighted by Crippen LogP contribution is -2.63. The molecule has 126 valence electrons. The van der Waals surface area contributed by atoms with Gasteiger partial charge in [0.15, 0.2) is 0 Å². The van der Waals surface area contributed by atoms with E-state index >= 15 is 0 Å². The molecular formula is C23H30Si. The number of hydrogen-bond acceptors (Lipinski definition) is 0. The van der Waals surface area contributed by atoms with Gasteiger partial charge in [-0.2, -0.15) is 0 Å². The van der Waals surface area contributed by atoms with Gasteiger partial charge < -0.3 is 0 Å². The zero-order valence-corrected chi connectivity index (χ0v) is 17.2. The van der Waals surface area contributed by atoms with Crippen molar-refractivity contribution in [3.05, 3.63) is 53.6 Å². The Hall–Kier alpha value is -1.34. The van der Waals surface area contributed by atoms with Gasteiger partial charge in [-0.25, -0.2) is 0 Å². The van der Waals surface area contributed by atoms with Crippen molar-refractivity contribution < 1.29 is 0 Å². The van der Waals surface area contributed by atoms with Crippen LogP contribution in [0, 0.1) is 10.8 Å². The molecule has 0 N–H and O–H groups in total. The number of fused-ring (bicyclic) bond motifs is 5. The molecule has 2 aliphatic rings. The SMILES string of the molecule is CC1(C)CC(C)(C)C12c1ccccc1-c1cc([Si](C)(C)C)ccc12. The molecule has 1 heteroatoms. The first-order valence-electron chi connectivity index (χ1n) is 9.27. The largest absolute Gasteiger partial charge is 0.0776 e. The van der Waals surface area contributed by atoms with Crippen LogP contribution in [0.15, 0.2) is 42.5 Å². The summed E-state index contributed by atoms with van der Waals surface area (Å²) in [5, 5.41) is 1.57. The number of rotatable bonds is 1. The maximum Gasteiger partial charge on any atom is 0.0776 e. The smallest absolute Gasteiger partial charge is 0.0656 e. The fourth-order valence-corrected chi connectivity index (χ4v) is 7.55. The Morgan fingerprint density at radius 1 is 0.750 bits per heavy atom. The van der Waals surface area contributed by atoms with E-state index in [1.165, 1.54) is 17.5 Å². The Morgan fingerprint density at radius 3 is 1.92 bits per heavy atom. The minimum atomic E-state index is -1.31. The summed E-state index contributed by atoms with van der Waals surface area (Å²) >= 11 is 0. The molecule has 2 aromatic carbocycles. The van der Waals surface area contributed by atoms with Crippen molar-refractivity contribution in [2.75, 3.05) is 0 Å². The second-order valence-electron chi connectivity index (χ2n) is 10.3. The Labute approximate surface area is 148 Å². The molecule has 0 radical (unpaired) electrons. The topological polar surface area (TPSA) is 0 Å². The molecule has 0 atom stereocenters. The number of hydrogen-bond donors (Lipinski definition) is 0. The van der Waals surface area contributed by atoms with E-state index in [1.807, 2.05) is 0 Å². The van der Waals surface area contributed by atoms with Gasteiger partial charge in [0.25, 0.3) is 0 Å². The van der Waals surface area contributed by atoms with Crippen LogP contribution in [0.2, 0.25) is 19.6 Å². The summed E-state index contributed by atoms with van der Waals surface area (Å²) in [6, 6.07) is 16.6. The monoisotopic (exact) mass is 334 g/mol. The van der Waals surface area contributed by atoms with Crippen LogP contribution in [-0.2, 0) is 5.41 Å². The molecule has 1 fully saturated rings. The predicted octanol–water partition coefficient (Wildman–Crippen LogP) is 5.95. The standard InChI is InChI=1S/C23H30Si/c1-21(2)15-22(3,4)23(21)19-11-9-8-10-17(19)18-14-16(24(5,6)7)12-13-20(18)23/h8-14H,15H2,1-7H3. The van der Waals surface area contributed by atoms with E-state index in [0.717, 1.165) is 0 Å². The highest BCUT2D eigenvalue weighted by Gasteiger charge is 2.69. The molecule has 1 saturated carbocycles. The molecule has 0 aromatic heterocycles. The molecular weight excluding hydrogens is 304 g/mol. The Kier molecular flexibility index (Phi) is 2.98. The van der Waals surface area contributed by atoms with E-state index in [1.54, 1.807) is 16.3 Å². The van der Waals surface area contributed by atoms with Crippen LogP contribution in [0.1, 0.15) is 45.2 Å². The molecule has 4 rings (SSSR count). The minimum absolute atomic E-state index is 0.157. The molecule has 1 spiro atoms. The summed E-state index contributed by atoms with van der Waals surface area (Å²) in [6.07, 6.45) is 1.28. The quantitative estimate of drug-likeness (QED) is 0.565. The average molecular weight is 335 g/mol. The average Bonchev–Trinajstić information content (AvgIpc) is 2.77. The second kappa shape index (κ2) is 4.43. The molecule has 0 aliphatic heterocycles. The van der Waals surface area contributed by atoms with E-state index in [2.05, 4.69) is 89.8 Å². The first-order chi connectivity index (χ1) is 11.0. The van der Waals surface area contributed by atoms with Crippen LogP contribution in [-0.4, -0.2) is 8.07 Å². The summed E-state index contributed by atoms with van der Waals surface area (Å²) < 4.78 is 0. The minimum Gasteiger partial charge on any atom is -0.0656 e. The first-order valence-corrected chi connectivity index (χ1v) is 12.8. The summed E-state index contributed by atoms with van der Waals surface area (Å²) in [5.74, 6) is 0. The fourth-order valence-electron chi connectivity index (χ4n) is 6.39. The van der Waals surface area contributed by atoms with Gasteiger partial charge in [0.2, 0.25) is 0 Å². The molecule has 0 unspecified atom stereocenters. The Balaban J connectivity index is 2.08. The van der Waals surface area contributed by atoms with Gasteiger partial charge in [-0.05, 0) is 39.5 Å². The molecule has 24 heavy (non-hydrogen) atoms. The van der Waals surface area contributed by atoms with Crippen molar-refractivity contribution in [2.45, 2.75) is 59.2 Å². The van der Waals surface area contributed by atoms with Gasteiger partial charge in [0.1, 0.15) is 0 Å². The first kappa shape index (κ1) is 16.1.